The third-order valence-corrected chi connectivity index (χ3v) is 4.03. The molecular formula is C15H20N2O2. The van der Waals surface area contributed by atoms with Crippen molar-refractivity contribution in [2.45, 2.75) is 32.0 Å². The van der Waals surface area contributed by atoms with Gasteiger partial charge in [0.2, 0.25) is 5.91 Å². The third-order valence-electron chi connectivity index (χ3n) is 4.03. The molecule has 0 aromatic heterocycles. The minimum atomic E-state index is 0.000370. The van der Waals surface area contributed by atoms with Crippen molar-refractivity contribution >= 4 is 5.91 Å². The van der Waals surface area contributed by atoms with Crippen LogP contribution < -0.4 is 5.32 Å². The molecule has 2 unspecified atom stereocenters. The number of nitrogens with zero attached hydrogens (tertiary/aromatic N) is 1. The van der Waals surface area contributed by atoms with Gasteiger partial charge in [-0.2, -0.15) is 0 Å². The number of amides is 1. The van der Waals surface area contributed by atoms with E-state index in [1.54, 1.807) is 0 Å². The zero-order chi connectivity index (χ0) is 13.2. The van der Waals surface area contributed by atoms with E-state index in [2.05, 4.69) is 24.4 Å². The van der Waals surface area contributed by atoms with Gasteiger partial charge in [-0.1, -0.05) is 24.3 Å². The second-order valence-electron chi connectivity index (χ2n) is 5.31. The van der Waals surface area contributed by atoms with Crippen LogP contribution in [0.15, 0.2) is 24.3 Å². The number of carbonyl (C=O) groups excluding carboxylic acids is 1. The Labute approximate surface area is 113 Å². The van der Waals surface area contributed by atoms with Crippen LogP contribution >= 0.6 is 0 Å². The number of hydrogen-bond donors (Lipinski definition) is 1. The average Bonchev–Trinajstić information content (AvgIpc) is 2.82. The number of benzene rings is 1. The molecule has 1 aromatic rings. The Kier molecular flexibility index (Phi) is 3.53. The van der Waals surface area contributed by atoms with E-state index in [0.717, 1.165) is 19.4 Å². The maximum Gasteiger partial charge on any atom is 0.238 e. The molecule has 2 fully saturated rings. The van der Waals surface area contributed by atoms with E-state index in [-0.39, 0.29) is 18.1 Å². The number of hydrogen-bond acceptors (Lipinski definition) is 3. The summed E-state index contributed by atoms with van der Waals surface area (Å²) in [4.78, 5) is 14.2. The normalized spacial score (nSPS) is 27.8. The van der Waals surface area contributed by atoms with E-state index in [0.29, 0.717) is 13.2 Å². The summed E-state index contributed by atoms with van der Waals surface area (Å²) in [7, 11) is 0. The molecule has 1 aromatic carbocycles. The molecule has 19 heavy (non-hydrogen) atoms. The molecule has 0 radical (unpaired) electrons. The molecule has 3 rings (SSSR count). The summed E-state index contributed by atoms with van der Waals surface area (Å²) in [6.45, 7) is 4.00. The first kappa shape index (κ1) is 12.6. The number of carbonyl (C=O) groups is 1. The summed E-state index contributed by atoms with van der Waals surface area (Å²) in [5.41, 5.74) is 2.41. The van der Waals surface area contributed by atoms with Crippen LogP contribution in [0.3, 0.4) is 0 Å². The first-order chi connectivity index (χ1) is 9.27. The fourth-order valence-electron chi connectivity index (χ4n) is 3.03. The van der Waals surface area contributed by atoms with Gasteiger partial charge in [0.25, 0.3) is 0 Å². The van der Waals surface area contributed by atoms with Crippen molar-refractivity contribution < 1.29 is 9.53 Å². The van der Waals surface area contributed by atoms with E-state index in [1.165, 1.54) is 11.1 Å². The lowest BCUT2D eigenvalue weighted by Gasteiger charge is -2.35. The van der Waals surface area contributed by atoms with Gasteiger partial charge in [-0.3, -0.25) is 10.1 Å². The fraction of sp³-hybridized carbons (Fsp3) is 0.533. The lowest BCUT2D eigenvalue weighted by Crippen LogP contribution is -2.44. The Morgan fingerprint density at radius 2 is 2.21 bits per heavy atom. The summed E-state index contributed by atoms with van der Waals surface area (Å²) in [5.74, 6) is 0.184. The molecule has 4 heteroatoms. The van der Waals surface area contributed by atoms with Crippen LogP contribution in [0.5, 0.6) is 0 Å². The summed E-state index contributed by atoms with van der Waals surface area (Å²) in [5, 5.41) is 3.33. The molecule has 2 heterocycles. The minimum absolute atomic E-state index is 0.000370. The van der Waals surface area contributed by atoms with Gasteiger partial charge in [-0.05, 0) is 30.9 Å². The van der Waals surface area contributed by atoms with E-state index in [9.17, 15) is 4.79 Å². The molecule has 102 valence electrons. The Hall–Kier alpha value is -1.39. The van der Waals surface area contributed by atoms with Gasteiger partial charge in [0.1, 0.15) is 6.17 Å². The van der Waals surface area contributed by atoms with Gasteiger partial charge >= 0.3 is 0 Å². The molecule has 2 atom stereocenters. The Balaban J connectivity index is 1.87. The predicted octanol–water partition coefficient (Wildman–Crippen LogP) is 1.60. The molecule has 4 nitrogen and oxygen atoms in total. The minimum Gasteiger partial charge on any atom is -0.379 e. The highest BCUT2D eigenvalue weighted by atomic mass is 16.5. The van der Waals surface area contributed by atoms with Crippen LogP contribution in [0.4, 0.5) is 0 Å². The largest absolute Gasteiger partial charge is 0.379 e. The van der Waals surface area contributed by atoms with Crippen molar-refractivity contribution in [1.82, 2.24) is 10.2 Å². The van der Waals surface area contributed by atoms with Gasteiger partial charge in [0, 0.05) is 6.61 Å². The van der Waals surface area contributed by atoms with Crippen LogP contribution in [0.2, 0.25) is 0 Å². The second kappa shape index (κ2) is 5.31. The summed E-state index contributed by atoms with van der Waals surface area (Å²) >= 11 is 0. The molecule has 0 saturated carbocycles. The van der Waals surface area contributed by atoms with Gasteiger partial charge in [-0.25, -0.2) is 0 Å². The SMILES string of the molecule is Cc1ccccc1C1NCC(=O)N1C1CCCOC1. The third kappa shape index (κ3) is 2.38. The van der Waals surface area contributed by atoms with Crippen molar-refractivity contribution in [2.75, 3.05) is 19.8 Å². The van der Waals surface area contributed by atoms with Crippen LogP contribution in [-0.4, -0.2) is 36.6 Å². The monoisotopic (exact) mass is 260 g/mol. The van der Waals surface area contributed by atoms with E-state index >= 15 is 0 Å². The Morgan fingerprint density at radius 3 is 2.95 bits per heavy atom. The summed E-state index contributed by atoms with van der Waals surface area (Å²) < 4.78 is 5.54. The number of nitrogens with one attached hydrogen (secondary N) is 1. The van der Waals surface area contributed by atoms with E-state index in [1.807, 2.05) is 17.0 Å². The lowest BCUT2D eigenvalue weighted by atomic mass is 10.0. The molecule has 1 amide bonds. The van der Waals surface area contributed by atoms with Gasteiger partial charge < -0.3 is 9.64 Å². The van der Waals surface area contributed by atoms with Crippen LogP contribution in [0.25, 0.3) is 0 Å². The van der Waals surface area contributed by atoms with E-state index < -0.39 is 0 Å². The molecule has 2 aliphatic heterocycles. The van der Waals surface area contributed by atoms with Gasteiger partial charge in [0.05, 0.1) is 19.2 Å². The Morgan fingerprint density at radius 1 is 1.37 bits per heavy atom. The maximum atomic E-state index is 12.2. The molecule has 0 bridgehead atoms. The molecule has 0 spiro atoms. The standard InChI is InChI=1S/C15H20N2O2/c1-11-5-2-3-7-13(11)15-16-9-14(18)17(15)12-6-4-8-19-10-12/h2-3,5,7,12,15-16H,4,6,8-10H2,1H3. The smallest absolute Gasteiger partial charge is 0.238 e. The van der Waals surface area contributed by atoms with Crippen molar-refractivity contribution in [3.63, 3.8) is 0 Å². The predicted molar refractivity (Wildman–Crippen MR) is 72.6 cm³/mol. The van der Waals surface area contributed by atoms with Gasteiger partial charge in [0.15, 0.2) is 0 Å². The first-order valence-corrected chi connectivity index (χ1v) is 6.95. The average molecular weight is 260 g/mol. The topological polar surface area (TPSA) is 41.6 Å². The number of rotatable bonds is 2. The summed E-state index contributed by atoms with van der Waals surface area (Å²) in [6, 6.07) is 8.46. The summed E-state index contributed by atoms with van der Waals surface area (Å²) in [6.07, 6.45) is 2.07. The highest BCUT2D eigenvalue weighted by molar-refractivity contribution is 5.81. The van der Waals surface area contributed by atoms with Crippen LogP contribution in [0, 0.1) is 6.92 Å². The maximum absolute atomic E-state index is 12.2. The van der Waals surface area contributed by atoms with Gasteiger partial charge in [-0.15, -0.1) is 0 Å². The fourth-order valence-corrected chi connectivity index (χ4v) is 3.03. The first-order valence-electron chi connectivity index (χ1n) is 6.95. The zero-order valence-corrected chi connectivity index (χ0v) is 11.3. The van der Waals surface area contributed by atoms with Crippen LogP contribution in [-0.2, 0) is 9.53 Å². The van der Waals surface area contributed by atoms with Crippen molar-refractivity contribution in [3.8, 4) is 0 Å². The van der Waals surface area contributed by atoms with Crippen LogP contribution in [0.1, 0.15) is 30.1 Å². The lowest BCUT2D eigenvalue weighted by molar-refractivity contribution is -0.133. The molecule has 2 aliphatic rings. The molecule has 0 aliphatic carbocycles. The quantitative estimate of drug-likeness (QED) is 0.878. The zero-order valence-electron chi connectivity index (χ0n) is 11.3. The highest BCUT2D eigenvalue weighted by Crippen LogP contribution is 2.29. The van der Waals surface area contributed by atoms with Crippen molar-refractivity contribution in [3.05, 3.63) is 35.4 Å². The van der Waals surface area contributed by atoms with Crippen molar-refractivity contribution in [1.29, 1.82) is 0 Å². The number of aryl methyl sites for hydroxylation is 1. The molecular weight excluding hydrogens is 240 g/mol. The van der Waals surface area contributed by atoms with E-state index in [4.69, 9.17) is 4.74 Å². The molecule has 1 N–H and O–H groups in total. The molecule has 2 saturated heterocycles. The van der Waals surface area contributed by atoms with Crippen molar-refractivity contribution in [2.24, 2.45) is 0 Å². The highest BCUT2D eigenvalue weighted by Gasteiger charge is 2.37. The second-order valence-corrected chi connectivity index (χ2v) is 5.31. The number of ether oxygens (including phenoxy) is 1. The Bertz CT molecular complexity index is 469.